The molecule has 1 N–H and O–H groups in total. The first-order valence-corrected chi connectivity index (χ1v) is 6.78. The second kappa shape index (κ2) is 6.88. The average Bonchev–Trinajstić information content (AvgIpc) is 2.88. The molecule has 1 aromatic heterocycles. The van der Waals surface area contributed by atoms with E-state index in [0.29, 0.717) is 6.04 Å². The Hall–Kier alpha value is -1.36. The van der Waals surface area contributed by atoms with Gasteiger partial charge in [0.15, 0.2) is 5.76 Å². The van der Waals surface area contributed by atoms with Gasteiger partial charge in [-0.1, -0.05) is 35.5 Å². The van der Waals surface area contributed by atoms with E-state index in [1.165, 1.54) is 0 Å². The van der Waals surface area contributed by atoms with Crippen LogP contribution < -0.4 is 5.32 Å². The molecule has 1 aliphatic heterocycles. The number of nitrogens with zero attached hydrogens (tertiary/aromatic N) is 2. The molecule has 1 aromatic carbocycles. The summed E-state index contributed by atoms with van der Waals surface area (Å²) in [6.07, 6.45) is 0. The van der Waals surface area contributed by atoms with Crippen molar-refractivity contribution >= 4 is 12.4 Å². The molecular weight excluding hydrogens is 274 g/mol. The fraction of sp³-hybridized carbons (Fsp3) is 0.400. The van der Waals surface area contributed by atoms with E-state index in [-0.39, 0.29) is 12.4 Å². The van der Waals surface area contributed by atoms with E-state index < -0.39 is 0 Å². The van der Waals surface area contributed by atoms with E-state index >= 15 is 0 Å². The van der Waals surface area contributed by atoms with Gasteiger partial charge in [0, 0.05) is 43.9 Å². The summed E-state index contributed by atoms with van der Waals surface area (Å²) >= 11 is 0. The molecule has 4 nitrogen and oxygen atoms in total. The summed E-state index contributed by atoms with van der Waals surface area (Å²) in [5.41, 5.74) is 2.09. The normalized spacial score (nSPS) is 19.6. The molecular formula is C15H20ClN3O. The minimum Gasteiger partial charge on any atom is -0.356 e. The monoisotopic (exact) mass is 293 g/mol. The van der Waals surface area contributed by atoms with Crippen molar-refractivity contribution in [2.75, 3.05) is 19.6 Å². The number of nitrogens with one attached hydrogen (secondary N) is 1. The smallest absolute Gasteiger partial charge is 0.167 e. The Morgan fingerprint density at radius 1 is 1.35 bits per heavy atom. The quantitative estimate of drug-likeness (QED) is 0.944. The van der Waals surface area contributed by atoms with Crippen LogP contribution in [0.15, 0.2) is 40.9 Å². The number of piperazine rings is 1. The molecule has 3 rings (SSSR count). The van der Waals surface area contributed by atoms with Gasteiger partial charge in [0.25, 0.3) is 0 Å². The summed E-state index contributed by atoms with van der Waals surface area (Å²) < 4.78 is 5.43. The fourth-order valence-electron chi connectivity index (χ4n) is 2.51. The van der Waals surface area contributed by atoms with Gasteiger partial charge in [-0.25, -0.2) is 0 Å². The maximum Gasteiger partial charge on any atom is 0.167 e. The third kappa shape index (κ3) is 3.60. The highest BCUT2D eigenvalue weighted by Gasteiger charge is 2.17. The lowest BCUT2D eigenvalue weighted by atomic mass is 10.1. The first kappa shape index (κ1) is 15.0. The van der Waals surface area contributed by atoms with Crippen molar-refractivity contribution in [3.63, 3.8) is 0 Å². The molecule has 0 aliphatic carbocycles. The molecule has 0 spiro atoms. The Labute approximate surface area is 125 Å². The van der Waals surface area contributed by atoms with Crippen molar-refractivity contribution in [2.45, 2.75) is 19.5 Å². The lowest BCUT2D eigenvalue weighted by Crippen LogP contribution is -2.48. The largest absolute Gasteiger partial charge is 0.356 e. The van der Waals surface area contributed by atoms with Gasteiger partial charge in [-0.2, -0.15) is 0 Å². The van der Waals surface area contributed by atoms with E-state index in [0.717, 1.165) is 43.2 Å². The van der Waals surface area contributed by atoms with Crippen LogP contribution in [0.2, 0.25) is 0 Å². The van der Waals surface area contributed by atoms with Crippen molar-refractivity contribution in [3.05, 3.63) is 42.1 Å². The molecule has 108 valence electrons. The zero-order valence-corrected chi connectivity index (χ0v) is 12.4. The van der Waals surface area contributed by atoms with Crippen molar-refractivity contribution in [2.24, 2.45) is 0 Å². The van der Waals surface area contributed by atoms with Crippen molar-refractivity contribution in [3.8, 4) is 11.3 Å². The summed E-state index contributed by atoms with van der Waals surface area (Å²) in [6, 6.07) is 12.7. The molecule has 5 heteroatoms. The van der Waals surface area contributed by atoms with E-state index in [1.54, 1.807) is 0 Å². The van der Waals surface area contributed by atoms with Gasteiger partial charge in [0.1, 0.15) is 0 Å². The van der Waals surface area contributed by atoms with Crippen LogP contribution >= 0.6 is 12.4 Å². The van der Waals surface area contributed by atoms with Crippen molar-refractivity contribution in [1.29, 1.82) is 0 Å². The van der Waals surface area contributed by atoms with Crippen LogP contribution in [0.3, 0.4) is 0 Å². The second-order valence-electron chi connectivity index (χ2n) is 5.14. The van der Waals surface area contributed by atoms with Gasteiger partial charge in [-0.05, 0) is 6.92 Å². The number of halogens is 1. The van der Waals surface area contributed by atoms with Crippen LogP contribution in [-0.2, 0) is 6.54 Å². The summed E-state index contributed by atoms with van der Waals surface area (Å²) in [7, 11) is 0. The predicted octanol–water partition coefficient (Wildman–Crippen LogP) is 2.56. The van der Waals surface area contributed by atoms with Crippen LogP contribution in [0, 0.1) is 0 Å². The lowest BCUT2D eigenvalue weighted by molar-refractivity contribution is 0.195. The molecule has 0 radical (unpaired) electrons. The Morgan fingerprint density at radius 3 is 2.90 bits per heavy atom. The summed E-state index contributed by atoms with van der Waals surface area (Å²) in [4.78, 5) is 2.41. The highest BCUT2D eigenvalue weighted by atomic mass is 35.5. The standard InChI is InChI=1S/C15H19N3O.ClH/c1-12-10-18(8-7-16-12)11-14-9-15(19-17-14)13-5-3-2-4-6-13;/h2-6,9,12,16H,7-8,10-11H2,1H3;1H. The van der Waals surface area contributed by atoms with Crippen LogP contribution in [0.4, 0.5) is 0 Å². The molecule has 1 unspecified atom stereocenters. The average molecular weight is 294 g/mol. The highest BCUT2D eigenvalue weighted by Crippen LogP contribution is 2.20. The maximum absolute atomic E-state index is 5.43. The van der Waals surface area contributed by atoms with Gasteiger partial charge in [-0.3, -0.25) is 4.90 Å². The molecule has 2 aromatic rings. The summed E-state index contributed by atoms with van der Waals surface area (Å²) in [6.45, 7) is 6.25. The molecule has 0 amide bonds. The molecule has 2 heterocycles. The fourth-order valence-corrected chi connectivity index (χ4v) is 2.51. The van der Waals surface area contributed by atoms with Gasteiger partial charge in [0.05, 0.1) is 5.69 Å². The van der Waals surface area contributed by atoms with Crippen LogP contribution in [-0.4, -0.2) is 35.7 Å². The number of rotatable bonds is 3. The van der Waals surface area contributed by atoms with Gasteiger partial charge in [-0.15, -0.1) is 12.4 Å². The molecule has 1 aliphatic rings. The van der Waals surface area contributed by atoms with E-state index in [4.69, 9.17) is 4.52 Å². The van der Waals surface area contributed by atoms with Crippen LogP contribution in [0.1, 0.15) is 12.6 Å². The number of hydrogen-bond acceptors (Lipinski definition) is 4. The molecule has 20 heavy (non-hydrogen) atoms. The lowest BCUT2D eigenvalue weighted by Gasteiger charge is -2.30. The van der Waals surface area contributed by atoms with Crippen molar-refractivity contribution in [1.82, 2.24) is 15.4 Å². The predicted molar refractivity (Wildman–Crippen MR) is 81.9 cm³/mol. The number of hydrogen-bond donors (Lipinski definition) is 1. The highest BCUT2D eigenvalue weighted by molar-refractivity contribution is 5.85. The number of benzene rings is 1. The topological polar surface area (TPSA) is 41.3 Å². The van der Waals surface area contributed by atoms with Crippen molar-refractivity contribution < 1.29 is 4.52 Å². The van der Waals surface area contributed by atoms with Gasteiger partial charge >= 0.3 is 0 Å². The third-order valence-electron chi connectivity index (χ3n) is 3.46. The van der Waals surface area contributed by atoms with Gasteiger partial charge < -0.3 is 9.84 Å². The molecule has 1 fully saturated rings. The Kier molecular flexibility index (Phi) is 5.17. The second-order valence-corrected chi connectivity index (χ2v) is 5.14. The zero-order chi connectivity index (χ0) is 13.1. The minimum atomic E-state index is 0. The zero-order valence-electron chi connectivity index (χ0n) is 11.6. The SMILES string of the molecule is CC1CN(Cc2cc(-c3ccccc3)on2)CCN1.Cl. The first-order chi connectivity index (χ1) is 9.31. The Bertz CT molecular complexity index is 529. The molecule has 1 saturated heterocycles. The third-order valence-corrected chi connectivity index (χ3v) is 3.46. The molecule has 1 atom stereocenters. The van der Waals surface area contributed by atoms with Crippen LogP contribution in [0.25, 0.3) is 11.3 Å². The van der Waals surface area contributed by atoms with E-state index in [1.807, 2.05) is 36.4 Å². The summed E-state index contributed by atoms with van der Waals surface area (Å²) in [5.74, 6) is 0.846. The molecule has 0 saturated carbocycles. The molecule has 0 bridgehead atoms. The van der Waals surface area contributed by atoms with E-state index in [9.17, 15) is 0 Å². The van der Waals surface area contributed by atoms with Crippen LogP contribution in [0.5, 0.6) is 0 Å². The number of aromatic nitrogens is 1. The minimum absolute atomic E-state index is 0. The summed E-state index contributed by atoms with van der Waals surface area (Å²) in [5, 5.41) is 7.62. The Balaban J connectivity index is 0.00000147. The van der Waals surface area contributed by atoms with E-state index in [2.05, 4.69) is 22.3 Å². The van der Waals surface area contributed by atoms with Gasteiger partial charge in [0.2, 0.25) is 0 Å². The Morgan fingerprint density at radius 2 is 2.15 bits per heavy atom. The first-order valence-electron chi connectivity index (χ1n) is 6.78. The maximum atomic E-state index is 5.43.